The molecule has 1 fully saturated rings. The molecule has 0 radical (unpaired) electrons. The molecular weight excluding hydrogens is 365 g/mol. The van der Waals surface area contributed by atoms with Gasteiger partial charge in [-0.3, -0.25) is 9.69 Å². The van der Waals surface area contributed by atoms with Crippen molar-refractivity contribution in [1.82, 2.24) is 4.90 Å². The average Bonchev–Trinajstić information content (AvgIpc) is 2.40. The summed E-state index contributed by atoms with van der Waals surface area (Å²) in [5.41, 5.74) is 1.95. The summed E-state index contributed by atoms with van der Waals surface area (Å²) in [5.74, 6) is 0.772. The van der Waals surface area contributed by atoms with Crippen molar-refractivity contribution in [1.29, 1.82) is 0 Å². The summed E-state index contributed by atoms with van der Waals surface area (Å²) in [5, 5.41) is 0.694. The minimum absolute atomic E-state index is 0.0398. The number of rotatable bonds is 2. The van der Waals surface area contributed by atoms with Crippen LogP contribution in [0.2, 0.25) is 0 Å². The molecule has 3 nitrogen and oxygen atoms in total. The maximum atomic E-state index is 12.0. The molecule has 1 saturated heterocycles. The molecule has 0 spiro atoms. The number of nitrogens with zero attached hydrogens (tertiary/aromatic N) is 1. The summed E-state index contributed by atoms with van der Waals surface area (Å²) in [6.45, 7) is 5.54. The van der Waals surface area contributed by atoms with E-state index >= 15 is 0 Å². The van der Waals surface area contributed by atoms with E-state index in [0.29, 0.717) is 11.0 Å². The Labute approximate surface area is 132 Å². The maximum Gasteiger partial charge on any atom is 0.192 e. The van der Waals surface area contributed by atoms with Crippen LogP contribution in [0.4, 0.5) is 0 Å². The monoisotopic (exact) mass is 383 g/mol. The Morgan fingerprint density at radius 1 is 1.45 bits per heavy atom. The van der Waals surface area contributed by atoms with Crippen molar-refractivity contribution >= 4 is 33.6 Å². The van der Waals surface area contributed by atoms with Crippen LogP contribution in [0.25, 0.3) is 11.0 Å². The molecule has 1 aromatic carbocycles. The summed E-state index contributed by atoms with van der Waals surface area (Å²) < 4.78 is 6.48. The molecule has 4 heteroatoms. The standard InChI is InChI=1S/C16H18INO2/c1-11-3-2-5-18(9-11)10-12-7-13-15(19)4-6-20-16(13)14(17)8-12/h4,6-8,11H,2-3,5,9-10H2,1H3/t11-/m0/s1. The van der Waals surface area contributed by atoms with Crippen LogP contribution in [0.15, 0.2) is 33.7 Å². The van der Waals surface area contributed by atoms with Gasteiger partial charge in [-0.2, -0.15) is 0 Å². The van der Waals surface area contributed by atoms with Gasteiger partial charge in [-0.15, -0.1) is 0 Å². The predicted molar refractivity (Wildman–Crippen MR) is 88.9 cm³/mol. The third kappa shape index (κ3) is 2.91. The van der Waals surface area contributed by atoms with E-state index in [-0.39, 0.29) is 5.43 Å². The van der Waals surface area contributed by atoms with Gasteiger partial charge < -0.3 is 4.42 Å². The largest absolute Gasteiger partial charge is 0.463 e. The molecule has 0 bridgehead atoms. The minimum Gasteiger partial charge on any atom is -0.463 e. The van der Waals surface area contributed by atoms with Gasteiger partial charge in [0.15, 0.2) is 11.0 Å². The first-order valence-electron chi connectivity index (χ1n) is 7.06. The van der Waals surface area contributed by atoms with E-state index in [1.54, 1.807) is 0 Å². The molecule has 0 unspecified atom stereocenters. The van der Waals surface area contributed by atoms with E-state index in [1.165, 1.54) is 30.7 Å². The fourth-order valence-corrected chi connectivity index (χ4v) is 3.80. The molecular formula is C16H18INO2. The van der Waals surface area contributed by atoms with E-state index in [0.717, 1.165) is 29.1 Å². The van der Waals surface area contributed by atoms with Crippen molar-refractivity contribution in [2.75, 3.05) is 13.1 Å². The minimum atomic E-state index is 0.0398. The van der Waals surface area contributed by atoms with Crippen LogP contribution in [0.1, 0.15) is 25.3 Å². The lowest BCUT2D eigenvalue weighted by Crippen LogP contribution is -2.33. The SMILES string of the molecule is C[C@H]1CCCN(Cc2cc(I)c3occc(=O)c3c2)C1. The topological polar surface area (TPSA) is 33.5 Å². The number of fused-ring (bicyclic) bond motifs is 1. The van der Waals surface area contributed by atoms with Crippen LogP contribution in [0.3, 0.4) is 0 Å². The van der Waals surface area contributed by atoms with Crippen LogP contribution in [-0.4, -0.2) is 18.0 Å². The molecule has 0 amide bonds. The van der Waals surface area contributed by atoms with Gasteiger partial charge in [-0.1, -0.05) is 6.92 Å². The zero-order valence-electron chi connectivity index (χ0n) is 11.6. The molecule has 3 rings (SSSR count). The second-order valence-electron chi connectivity index (χ2n) is 5.72. The number of hydrogen-bond acceptors (Lipinski definition) is 3. The summed E-state index contributed by atoms with van der Waals surface area (Å²) >= 11 is 2.25. The highest BCUT2D eigenvalue weighted by molar-refractivity contribution is 14.1. The third-order valence-corrected chi connectivity index (χ3v) is 4.72. The first kappa shape index (κ1) is 14.1. The van der Waals surface area contributed by atoms with Gasteiger partial charge in [0.2, 0.25) is 0 Å². The molecule has 1 aliphatic rings. The molecule has 1 aliphatic heterocycles. The van der Waals surface area contributed by atoms with Crippen molar-refractivity contribution in [3.63, 3.8) is 0 Å². The fourth-order valence-electron chi connectivity index (χ4n) is 2.99. The van der Waals surface area contributed by atoms with Crippen molar-refractivity contribution in [2.24, 2.45) is 5.92 Å². The lowest BCUT2D eigenvalue weighted by Gasteiger charge is -2.30. The fraction of sp³-hybridized carbons (Fsp3) is 0.438. The third-order valence-electron chi connectivity index (χ3n) is 3.92. The normalized spacial score (nSPS) is 20.4. The van der Waals surface area contributed by atoms with Crippen LogP contribution in [-0.2, 0) is 6.54 Å². The number of hydrogen-bond donors (Lipinski definition) is 0. The number of piperidine rings is 1. The molecule has 0 saturated carbocycles. The van der Waals surface area contributed by atoms with E-state index < -0.39 is 0 Å². The van der Waals surface area contributed by atoms with Gasteiger partial charge in [-0.25, -0.2) is 0 Å². The van der Waals surface area contributed by atoms with Crippen LogP contribution in [0.5, 0.6) is 0 Å². The Kier molecular flexibility index (Phi) is 4.12. The Hall–Kier alpha value is -0.880. The Bertz CT molecular complexity index is 680. The summed E-state index contributed by atoms with van der Waals surface area (Å²) in [6.07, 6.45) is 4.07. The van der Waals surface area contributed by atoms with Gasteiger partial charge in [0.1, 0.15) is 0 Å². The van der Waals surface area contributed by atoms with Crippen molar-refractivity contribution < 1.29 is 4.42 Å². The van der Waals surface area contributed by atoms with E-state index in [9.17, 15) is 4.79 Å². The number of likely N-dealkylation sites (tertiary alicyclic amines) is 1. The first-order valence-corrected chi connectivity index (χ1v) is 8.13. The van der Waals surface area contributed by atoms with Gasteiger partial charge in [-0.05, 0) is 65.6 Å². The predicted octanol–water partition coefficient (Wildman–Crippen LogP) is 3.63. The first-order chi connectivity index (χ1) is 9.63. The Morgan fingerprint density at radius 2 is 2.30 bits per heavy atom. The Morgan fingerprint density at radius 3 is 3.10 bits per heavy atom. The molecule has 2 heterocycles. The van der Waals surface area contributed by atoms with Crippen LogP contribution < -0.4 is 5.43 Å². The van der Waals surface area contributed by atoms with E-state index in [4.69, 9.17) is 4.42 Å². The average molecular weight is 383 g/mol. The molecule has 1 atom stereocenters. The number of halogens is 1. The smallest absolute Gasteiger partial charge is 0.192 e. The molecule has 0 aliphatic carbocycles. The molecule has 20 heavy (non-hydrogen) atoms. The van der Waals surface area contributed by atoms with Gasteiger partial charge in [0, 0.05) is 19.2 Å². The lowest BCUT2D eigenvalue weighted by molar-refractivity contribution is 0.176. The zero-order chi connectivity index (χ0) is 14.1. The maximum absolute atomic E-state index is 12.0. The highest BCUT2D eigenvalue weighted by atomic mass is 127. The quantitative estimate of drug-likeness (QED) is 0.743. The second-order valence-corrected chi connectivity index (χ2v) is 6.88. The van der Waals surface area contributed by atoms with Gasteiger partial charge >= 0.3 is 0 Å². The molecule has 1 aromatic heterocycles. The molecule has 106 valence electrons. The highest BCUT2D eigenvalue weighted by Gasteiger charge is 2.17. The molecule has 0 N–H and O–H groups in total. The van der Waals surface area contributed by atoms with Crippen molar-refractivity contribution in [3.8, 4) is 0 Å². The molecule has 2 aromatic rings. The van der Waals surface area contributed by atoms with Gasteiger partial charge in [0.05, 0.1) is 15.2 Å². The second kappa shape index (κ2) is 5.85. The van der Waals surface area contributed by atoms with Crippen LogP contribution in [0, 0.1) is 9.49 Å². The van der Waals surface area contributed by atoms with Crippen molar-refractivity contribution in [2.45, 2.75) is 26.3 Å². The Balaban J connectivity index is 1.92. The summed E-state index contributed by atoms with van der Waals surface area (Å²) in [7, 11) is 0. The van der Waals surface area contributed by atoms with Crippen LogP contribution >= 0.6 is 22.6 Å². The van der Waals surface area contributed by atoms with Gasteiger partial charge in [0.25, 0.3) is 0 Å². The van der Waals surface area contributed by atoms with E-state index in [2.05, 4.69) is 40.5 Å². The summed E-state index contributed by atoms with van der Waals surface area (Å²) in [6, 6.07) is 5.61. The summed E-state index contributed by atoms with van der Waals surface area (Å²) in [4.78, 5) is 14.4. The highest BCUT2D eigenvalue weighted by Crippen LogP contribution is 2.23. The zero-order valence-corrected chi connectivity index (χ0v) is 13.7. The lowest BCUT2D eigenvalue weighted by atomic mass is 9.99. The van der Waals surface area contributed by atoms with Crippen molar-refractivity contribution in [3.05, 3.63) is 43.8 Å². The van der Waals surface area contributed by atoms with E-state index in [1.807, 2.05) is 6.07 Å². The number of benzene rings is 1.